The monoisotopic (exact) mass is 269 g/mol. The van der Waals surface area contributed by atoms with E-state index in [0.717, 1.165) is 5.56 Å². The zero-order chi connectivity index (χ0) is 13.9. The predicted octanol–water partition coefficient (Wildman–Crippen LogP) is 4.63. The summed E-state index contributed by atoms with van der Waals surface area (Å²) in [5, 5.41) is 3.67. The van der Waals surface area contributed by atoms with Gasteiger partial charge in [-0.05, 0) is 48.9 Å². The van der Waals surface area contributed by atoms with Crippen LogP contribution in [0.25, 0.3) is 0 Å². The first-order valence-corrected chi connectivity index (χ1v) is 7.30. The summed E-state index contributed by atoms with van der Waals surface area (Å²) in [7, 11) is 0. The van der Waals surface area contributed by atoms with Gasteiger partial charge in [-0.2, -0.15) is 0 Å². The maximum absolute atomic E-state index is 13.3. The largest absolute Gasteiger partial charge is 0.303 e. The van der Waals surface area contributed by atoms with Crippen molar-refractivity contribution < 1.29 is 4.39 Å². The minimum atomic E-state index is -0.168. The Bertz CT molecular complexity index is 563. The van der Waals surface area contributed by atoms with E-state index >= 15 is 0 Å². The molecule has 1 fully saturated rings. The Balaban J connectivity index is 1.77. The van der Waals surface area contributed by atoms with E-state index in [1.54, 1.807) is 12.1 Å². The molecule has 1 nitrogen and oxygen atoms in total. The molecule has 1 aliphatic carbocycles. The average Bonchev–Trinajstić information content (AvgIpc) is 3.30. The second-order valence-corrected chi connectivity index (χ2v) is 5.67. The molecule has 1 aliphatic rings. The van der Waals surface area contributed by atoms with E-state index < -0.39 is 0 Å². The van der Waals surface area contributed by atoms with Crippen molar-refractivity contribution in [1.29, 1.82) is 0 Å². The van der Waals surface area contributed by atoms with Crippen LogP contribution in [-0.2, 0) is 0 Å². The molecular weight excluding hydrogens is 249 g/mol. The molecule has 0 spiro atoms. The average molecular weight is 269 g/mol. The van der Waals surface area contributed by atoms with Crippen LogP contribution in [0.1, 0.15) is 43.0 Å². The van der Waals surface area contributed by atoms with Crippen LogP contribution in [0.4, 0.5) is 4.39 Å². The second kappa shape index (κ2) is 5.76. The first-order chi connectivity index (χ1) is 9.74. The number of rotatable bonds is 5. The normalized spacial score (nSPS) is 17.7. The van der Waals surface area contributed by atoms with Crippen molar-refractivity contribution >= 4 is 0 Å². The van der Waals surface area contributed by atoms with Gasteiger partial charge in [0.15, 0.2) is 0 Å². The van der Waals surface area contributed by atoms with Gasteiger partial charge in [0.2, 0.25) is 0 Å². The van der Waals surface area contributed by atoms with E-state index in [-0.39, 0.29) is 11.9 Å². The van der Waals surface area contributed by atoms with E-state index in [4.69, 9.17) is 0 Å². The summed E-state index contributed by atoms with van der Waals surface area (Å²) in [4.78, 5) is 0. The predicted molar refractivity (Wildman–Crippen MR) is 79.9 cm³/mol. The Morgan fingerprint density at radius 3 is 2.35 bits per heavy atom. The van der Waals surface area contributed by atoms with Gasteiger partial charge in [-0.15, -0.1) is 0 Å². The van der Waals surface area contributed by atoms with Crippen LogP contribution in [0.3, 0.4) is 0 Å². The van der Waals surface area contributed by atoms with Crippen molar-refractivity contribution in [2.24, 2.45) is 5.92 Å². The maximum Gasteiger partial charge on any atom is 0.123 e. The minimum absolute atomic E-state index is 0.150. The SMILES string of the molecule is C[C@H](NC(c1ccccc1)C1CC1)c1cccc(F)c1. The Kier molecular flexibility index (Phi) is 3.83. The number of halogens is 1. The van der Waals surface area contributed by atoms with Gasteiger partial charge in [0.1, 0.15) is 5.82 Å². The molecule has 104 valence electrons. The molecule has 1 unspecified atom stereocenters. The molecule has 20 heavy (non-hydrogen) atoms. The van der Waals surface area contributed by atoms with Crippen molar-refractivity contribution in [3.8, 4) is 0 Å². The molecule has 0 aromatic heterocycles. The number of hydrogen-bond acceptors (Lipinski definition) is 1. The summed E-state index contributed by atoms with van der Waals surface area (Å²) in [5.41, 5.74) is 2.34. The molecule has 2 aromatic carbocycles. The highest BCUT2D eigenvalue weighted by Crippen LogP contribution is 2.42. The minimum Gasteiger partial charge on any atom is -0.303 e. The first-order valence-electron chi connectivity index (χ1n) is 7.30. The van der Waals surface area contributed by atoms with E-state index in [9.17, 15) is 4.39 Å². The Morgan fingerprint density at radius 1 is 1.00 bits per heavy atom. The molecule has 0 amide bonds. The molecule has 0 radical (unpaired) electrons. The Labute approximate surface area is 119 Å². The summed E-state index contributed by atoms with van der Waals surface area (Å²) in [5.74, 6) is 0.548. The third-order valence-corrected chi connectivity index (χ3v) is 4.03. The lowest BCUT2D eigenvalue weighted by Gasteiger charge is -2.24. The van der Waals surface area contributed by atoms with E-state index in [2.05, 4.69) is 36.5 Å². The van der Waals surface area contributed by atoms with Crippen LogP contribution in [0.15, 0.2) is 54.6 Å². The Hall–Kier alpha value is -1.67. The quantitative estimate of drug-likeness (QED) is 0.834. The third-order valence-electron chi connectivity index (χ3n) is 4.03. The molecule has 0 bridgehead atoms. The molecule has 1 saturated carbocycles. The van der Waals surface area contributed by atoms with Gasteiger partial charge in [-0.1, -0.05) is 42.5 Å². The molecule has 3 rings (SSSR count). The van der Waals surface area contributed by atoms with Crippen molar-refractivity contribution in [1.82, 2.24) is 5.32 Å². The van der Waals surface area contributed by atoms with Crippen molar-refractivity contribution in [2.45, 2.75) is 31.8 Å². The molecule has 0 heterocycles. The Morgan fingerprint density at radius 2 is 1.70 bits per heavy atom. The van der Waals surface area contributed by atoms with Crippen LogP contribution in [-0.4, -0.2) is 0 Å². The van der Waals surface area contributed by atoms with Crippen LogP contribution in [0, 0.1) is 11.7 Å². The van der Waals surface area contributed by atoms with Crippen LogP contribution in [0.2, 0.25) is 0 Å². The van der Waals surface area contributed by atoms with E-state index in [0.29, 0.717) is 12.0 Å². The summed E-state index contributed by atoms with van der Waals surface area (Å²) in [6, 6.07) is 17.9. The van der Waals surface area contributed by atoms with Gasteiger partial charge in [-0.25, -0.2) is 4.39 Å². The van der Waals surface area contributed by atoms with Gasteiger partial charge in [0, 0.05) is 12.1 Å². The fourth-order valence-corrected chi connectivity index (χ4v) is 2.74. The number of nitrogens with one attached hydrogen (secondary N) is 1. The standard InChI is InChI=1S/C18H20FN/c1-13(16-8-5-9-17(19)12-16)20-18(15-10-11-15)14-6-3-2-4-7-14/h2-9,12-13,15,18,20H,10-11H2,1H3/t13-,18?/m0/s1. The molecule has 0 aliphatic heterocycles. The second-order valence-electron chi connectivity index (χ2n) is 5.67. The highest BCUT2D eigenvalue weighted by Gasteiger charge is 2.33. The van der Waals surface area contributed by atoms with Crippen molar-refractivity contribution in [3.63, 3.8) is 0 Å². The first kappa shape index (κ1) is 13.3. The molecule has 2 heteroatoms. The fraction of sp³-hybridized carbons (Fsp3) is 0.333. The zero-order valence-corrected chi connectivity index (χ0v) is 11.7. The lowest BCUT2D eigenvalue weighted by Crippen LogP contribution is -2.26. The van der Waals surface area contributed by atoms with Gasteiger partial charge in [0.25, 0.3) is 0 Å². The summed E-state index contributed by atoms with van der Waals surface area (Å²) in [6.45, 7) is 2.10. The third kappa shape index (κ3) is 3.07. The van der Waals surface area contributed by atoms with Gasteiger partial charge >= 0.3 is 0 Å². The maximum atomic E-state index is 13.3. The summed E-state index contributed by atoms with van der Waals surface area (Å²) < 4.78 is 13.3. The smallest absolute Gasteiger partial charge is 0.123 e. The topological polar surface area (TPSA) is 12.0 Å². The lowest BCUT2D eigenvalue weighted by molar-refractivity contribution is 0.426. The van der Waals surface area contributed by atoms with Crippen LogP contribution >= 0.6 is 0 Å². The number of benzene rings is 2. The molecule has 2 atom stereocenters. The molecule has 1 N–H and O–H groups in total. The molecule has 2 aromatic rings. The number of hydrogen-bond donors (Lipinski definition) is 1. The summed E-state index contributed by atoms with van der Waals surface area (Å²) in [6.07, 6.45) is 2.56. The van der Waals surface area contributed by atoms with Crippen LogP contribution in [0.5, 0.6) is 0 Å². The van der Waals surface area contributed by atoms with Crippen molar-refractivity contribution in [2.75, 3.05) is 0 Å². The van der Waals surface area contributed by atoms with Gasteiger partial charge in [0.05, 0.1) is 0 Å². The van der Waals surface area contributed by atoms with Crippen molar-refractivity contribution in [3.05, 3.63) is 71.5 Å². The molecular formula is C18H20FN. The molecule has 0 saturated heterocycles. The summed E-state index contributed by atoms with van der Waals surface area (Å²) >= 11 is 0. The van der Waals surface area contributed by atoms with Crippen LogP contribution < -0.4 is 5.32 Å². The fourth-order valence-electron chi connectivity index (χ4n) is 2.74. The highest BCUT2D eigenvalue weighted by molar-refractivity contribution is 5.24. The van der Waals surface area contributed by atoms with Gasteiger partial charge < -0.3 is 5.32 Å². The lowest BCUT2D eigenvalue weighted by atomic mass is 9.99. The zero-order valence-electron chi connectivity index (χ0n) is 11.7. The van der Waals surface area contributed by atoms with E-state index in [1.165, 1.54) is 24.5 Å². The highest BCUT2D eigenvalue weighted by atomic mass is 19.1. The van der Waals surface area contributed by atoms with E-state index in [1.807, 2.05) is 12.1 Å². The van der Waals surface area contributed by atoms with Gasteiger partial charge in [-0.3, -0.25) is 0 Å².